The maximum atomic E-state index is 12.0. The number of amides is 1. The lowest BCUT2D eigenvalue weighted by molar-refractivity contribution is -0.908. The smallest absolute Gasteiger partial charge is 0.278 e. The minimum atomic E-state index is 0.00121. The van der Waals surface area contributed by atoms with Crippen LogP contribution < -0.4 is 10.2 Å². The van der Waals surface area contributed by atoms with Crippen molar-refractivity contribution in [1.82, 2.24) is 5.32 Å². The minimum Gasteiger partial charge on any atom is -0.348 e. The maximum Gasteiger partial charge on any atom is 0.278 e. The fourth-order valence-electron chi connectivity index (χ4n) is 2.28. The largest absolute Gasteiger partial charge is 0.348 e. The van der Waals surface area contributed by atoms with Gasteiger partial charge in [0.1, 0.15) is 6.54 Å². The first-order chi connectivity index (χ1) is 8.97. The molecule has 0 aromatic heterocycles. The quantitative estimate of drug-likeness (QED) is 0.814. The number of rotatable bonds is 5. The fourth-order valence-corrected chi connectivity index (χ4v) is 2.28. The zero-order chi connectivity index (χ0) is 14.0. The average molecular weight is 261 g/mol. The van der Waals surface area contributed by atoms with Gasteiger partial charge in [0.2, 0.25) is 0 Å². The molecule has 1 aromatic rings. The summed E-state index contributed by atoms with van der Waals surface area (Å²) in [4.78, 5) is 13.3. The molecule has 0 spiro atoms. The lowest BCUT2D eigenvalue weighted by Crippen LogP contribution is -3.12. The summed E-state index contributed by atoms with van der Waals surface area (Å²) in [7, 11) is 2.09. The van der Waals surface area contributed by atoms with Gasteiger partial charge in [-0.1, -0.05) is 23.8 Å². The number of benzene rings is 1. The first-order valence-corrected chi connectivity index (χ1v) is 7.16. The van der Waals surface area contributed by atoms with Gasteiger partial charge in [-0.05, 0) is 39.2 Å². The molecule has 0 heterocycles. The molecular formula is C16H25N2O+. The van der Waals surface area contributed by atoms with Crippen LogP contribution in [0.4, 0.5) is 0 Å². The number of nitrogens with one attached hydrogen (secondary N) is 2. The Labute approximate surface area is 116 Å². The molecule has 1 aliphatic carbocycles. The van der Waals surface area contributed by atoms with Crippen LogP contribution in [-0.4, -0.2) is 25.0 Å². The van der Waals surface area contributed by atoms with Crippen LogP contribution in [0.1, 0.15) is 36.5 Å². The second kappa shape index (κ2) is 5.74. The van der Waals surface area contributed by atoms with Gasteiger partial charge < -0.3 is 10.2 Å². The fraction of sp³-hybridized carbons (Fsp3) is 0.562. The number of carbonyl (C=O) groups excluding carboxylic acids is 1. The van der Waals surface area contributed by atoms with E-state index in [9.17, 15) is 4.79 Å². The van der Waals surface area contributed by atoms with Crippen molar-refractivity contribution in [3.05, 3.63) is 34.9 Å². The van der Waals surface area contributed by atoms with Crippen molar-refractivity contribution in [2.75, 3.05) is 7.05 Å². The third kappa shape index (κ3) is 3.80. The molecule has 104 valence electrons. The van der Waals surface area contributed by atoms with E-state index >= 15 is 0 Å². The predicted molar refractivity (Wildman–Crippen MR) is 77.1 cm³/mol. The highest BCUT2D eigenvalue weighted by molar-refractivity contribution is 5.80. The molecule has 2 rings (SSSR count). The van der Waals surface area contributed by atoms with E-state index in [1.807, 2.05) is 6.92 Å². The maximum absolute atomic E-state index is 12.0. The molecule has 1 aliphatic rings. The Morgan fingerprint density at radius 3 is 2.68 bits per heavy atom. The molecule has 1 amide bonds. The number of hydrogen-bond donors (Lipinski definition) is 2. The third-order valence-electron chi connectivity index (χ3n) is 4.02. The van der Waals surface area contributed by atoms with E-state index in [-0.39, 0.29) is 11.9 Å². The molecule has 19 heavy (non-hydrogen) atoms. The van der Waals surface area contributed by atoms with Crippen molar-refractivity contribution in [2.45, 2.75) is 52.2 Å². The summed E-state index contributed by atoms with van der Waals surface area (Å²) in [5.74, 6) is 0.185. The monoisotopic (exact) mass is 261 g/mol. The average Bonchev–Trinajstić information content (AvgIpc) is 3.15. The van der Waals surface area contributed by atoms with Crippen molar-refractivity contribution in [3.63, 3.8) is 0 Å². The van der Waals surface area contributed by atoms with E-state index in [1.165, 1.54) is 21.6 Å². The van der Waals surface area contributed by atoms with Crippen LogP contribution in [0.2, 0.25) is 0 Å². The Morgan fingerprint density at radius 2 is 2.11 bits per heavy atom. The summed E-state index contributed by atoms with van der Waals surface area (Å²) in [6.45, 7) is 7.16. The number of carbonyl (C=O) groups is 1. The lowest BCUT2D eigenvalue weighted by Gasteiger charge is -2.22. The summed E-state index contributed by atoms with van der Waals surface area (Å²) >= 11 is 0. The number of hydrogen-bond acceptors (Lipinski definition) is 1. The van der Waals surface area contributed by atoms with Crippen LogP contribution in [-0.2, 0) is 11.3 Å². The third-order valence-corrected chi connectivity index (χ3v) is 4.02. The number of quaternary nitrogens is 1. The zero-order valence-corrected chi connectivity index (χ0v) is 12.4. The van der Waals surface area contributed by atoms with Crippen LogP contribution in [0.15, 0.2) is 18.2 Å². The molecule has 1 fully saturated rings. The van der Waals surface area contributed by atoms with Crippen LogP contribution in [0, 0.1) is 13.8 Å². The summed E-state index contributed by atoms with van der Waals surface area (Å²) in [6.07, 6.45) is 2.29. The van der Waals surface area contributed by atoms with E-state index < -0.39 is 0 Å². The molecule has 0 aliphatic heterocycles. The summed E-state index contributed by atoms with van der Waals surface area (Å²) < 4.78 is 0. The van der Waals surface area contributed by atoms with Gasteiger partial charge in [-0.3, -0.25) is 4.79 Å². The Balaban J connectivity index is 1.94. The van der Waals surface area contributed by atoms with Crippen molar-refractivity contribution < 1.29 is 9.69 Å². The van der Waals surface area contributed by atoms with E-state index in [0.29, 0.717) is 6.04 Å². The van der Waals surface area contributed by atoms with E-state index in [2.05, 4.69) is 44.4 Å². The van der Waals surface area contributed by atoms with Gasteiger partial charge in [0, 0.05) is 11.6 Å². The molecule has 0 radical (unpaired) electrons. The minimum absolute atomic E-state index is 0.00121. The van der Waals surface area contributed by atoms with Gasteiger partial charge in [0.05, 0.1) is 7.05 Å². The number of likely N-dealkylation sites (N-methyl/N-ethyl adjacent to an activating group) is 1. The molecule has 1 saturated carbocycles. The molecule has 1 unspecified atom stereocenters. The highest BCUT2D eigenvalue weighted by Gasteiger charge is 2.29. The van der Waals surface area contributed by atoms with Crippen molar-refractivity contribution in [2.24, 2.45) is 0 Å². The molecule has 1 aromatic carbocycles. The standard InChI is InChI=1S/C16H24N2O/c1-11-5-6-14(12(2)9-11)10-18(4)13(3)16(19)17-15-7-8-15/h5-6,9,13,15H,7-8,10H2,1-4H3,(H,17,19)/p+1/t13-/m1/s1. The Kier molecular flexibility index (Phi) is 4.25. The topological polar surface area (TPSA) is 33.5 Å². The first-order valence-electron chi connectivity index (χ1n) is 7.16. The summed E-state index contributed by atoms with van der Waals surface area (Å²) in [5, 5.41) is 3.08. The predicted octanol–water partition coefficient (Wildman–Crippen LogP) is 0.985. The van der Waals surface area contributed by atoms with Gasteiger partial charge in [-0.25, -0.2) is 0 Å². The van der Waals surface area contributed by atoms with E-state index in [0.717, 1.165) is 19.4 Å². The molecule has 0 bridgehead atoms. The Hall–Kier alpha value is -1.35. The van der Waals surface area contributed by atoms with Gasteiger partial charge in [0.15, 0.2) is 6.04 Å². The van der Waals surface area contributed by atoms with Gasteiger partial charge in [-0.15, -0.1) is 0 Å². The van der Waals surface area contributed by atoms with Gasteiger partial charge in [0.25, 0.3) is 5.91 Å². The Bertz CT molecular complexity index is 466. The highest BCUT2D eigenvalue weighted by Crippen LogP contribution is 2.18. The van der Waals surface area contributed by atoms with Crippen LogP contribution in [0.5, 0.6) is 0 Å². The Morgan fingerprint density at radius 1 is 1.42 bits per heavy atom. The number of aryl methyl sites for hydroxylation is 2. The van der Waals surface area contributed by atoms with Crippen LogP contribution >= 0.6 is 0 Å². The molecule has 3 heteroatoms. The summed E-state index contributed by atoms with van der Waals surface area (Å²) in [5.41, 5.74) is 3.93. The van der Waals surface area contributed by atoms with Gasteiger partial charge in [-0.2, -0.15) is 0 Å². The van der Waals surface area contributed by atoms with Crippen LogP contribution in [0.3, 0.4) is 0 Å². The SMILES string of the molecule is Cc1ccc(C[NH+](C)[C@H](C)C(=O)NC2CC2)c(C)c1. The highest BCUT2D eigenvalue weighted by atomic mass is 16.2. The molecule has 2 N–H and O–H groups in total. The molecular weight excluding hydrogens is 236 g/mol. The van der Waals surface area contributed by atoms with E-state index in [1.54, 1.807) is 0 Å². The zero-order valence-electron chi connectivity index (χ0n) is 12.4. The molecule has 0 saturated heterocycles. The van der Waals surface area contributed by atoms with E-state index in [4.69, 9.17) is 0 Å². The van der Waals surface area contributed by atoms with Gasteiger partial charge >= 0.3 is 0 Å². The van der Waals surface area contributed by atoms with Crippen molar-refractivity contribution >= 4 is 5.91 Å². The second-order valence-electron chi connectivity index (χ2n) is 5.96. The van der Waals surface area contributed by atoms with Crippen molar-refractivity contribution in [3.8, 4) is 0 Å². The second-order valence-corrected chi connectivity index (χ2v) is 5.96. The van der Waals surface area contributed by atoms with Crippen LogP contribution in [0.25, 0.3) is 0 Å². The normalized spacial score (nSPS) is 17.9. The summed E-state index contributed by atoms with van der Waals surface area (Å²) in [6, 6.07) is 6.98. The lowest BCUT2D eigenvalue weighted by atomic mass is 10.0. The van der Waals surface area contributed by atoms with Crippen molar-refractivity contribution in [1.29, 1.82) is 0 Å². The first kappa shape index (κ1) is 14.1. The molecule has 3 nitrogen and oxygen atoms in total. The molecule has 2 atom stereocenters.